The molecule has 0 aliphatic heterocycles. The molecule has 0 saturated heterocycles. The van der Waals surface area contributed by atoms with E-state index in [9.17, 15) is 19.0 Å². The molecule has 0 aromatic carbocycles. The van der Waals surface area contributed by atoms with Gasteiger partial charge in [-0.1, -0.05) is 332 Å². The van der Waals surface area contributed by atoms with Crippen LogP contribution in [0.2, 0.25) is 0 Å². The number of phosphoric acid groups is 1. The van der Waals surface area contributed by atoms with Crippen molar-refractivity contribution in [3.63, 3.8) is 0 Å². The first kappa shape index (κ1) is 84.0. The van der Waals surface area contributed by atoms with Crippen molar-refractivity contribution in [3.05, 3.63) is 48.6 Å². The third-order valence-corrected chi connectivity index (χ3v) is 17.8. The van der Waals surface area contributed by atoms with Crippen molar-refractivity contribution in [2.75, 3.05) is 47.5 Å². The zero-order chi connectivity index (χ0) is 62.6. The van der Waals surface area contributed by atoms with Gasteiger partial charge < -0.3 is 18.9 Å². The summed E-state index contributed by atoms with van der Waals surface area (Å²) >= 11 is 0. The van der Waals surface area contributed by atoms with Crippen molar-refractivity contribution in [1.82, 2.24) is 0 Å². The molecule has 0 rings (SSSR count). The zero-order valence-corrected chi connectivity index (χ0v) is 58.7. The molecule has 0 amide bonds. The Morgan fingerprint density at radius 1 is 0.360 bits per heavy atom. The predicted molar refractivity (Wildman–Crippen MR) is 372 cm³/mol. The third kappa shape index (κ3) is 71.1. The largest absolute Gasteiger partial charge is 0.472 e. The van der Waals surface area contributed by atoms with Gasteiger partial charge in [-0.25, -0.2) is 4.57 Å². The van der Waals surface area contributed by atoms with Gasteiger partial charge in [-0.3, -0.25) is 18.6 Å². The summed E-state index contributed by atoms with van der Waals surface area (Å²) in [4.78, 5) is 35.9. The Morgan fingerprint density at radius 2 is 0.628 bits per heavy atom. The second-order valence-electron chi connectivity index (χ2n) is 26.7. The molecule has 0 saturated carbocycles. The molecule has 86 heavy (non-hydrogen) atoms. The summed E-state index contributed by atoms with van der Waals surface area (Å²) in [6.07, 6.45) is 88.1. The van der Waals surface area contributed by atoms with Gasteiger partial charge >= 0.3 is 19.8 Å². The highest BCUT2D eigenvalue weighted by molar-refractivity contribution is 7.47. The molecule has 2 unspecified atom stereocenters. The molecule has 0 bridgehead atoms. The summed E-state index contributed by atoms with van der Waals surface area (Å²) in [5.74, 6) is -0.777. The van der Waals surface area contributed by atoms with E-state index in [0.29, 0.717) is 23.9 Å². The quantitative estimate of drug-likeness (QED) is 0.0211. The van der Waals surface area contributed by atoms with Crippen LogP contribution in [0, 0.1) is 0 Å². The van der Waals surface area contributed by atoms with Crippen LogP contribution >= 0.6 is 7.82 Å². The fourth-order valence-corrected chi connectivity index (χ4v) is 11.8. The lowest BCUT2D eigenvalue weighted by Gasteiger charge is -2.24. The summed E-state index contributed by atoms with van der Waals surface area (Å²) < 4.78 is 34.8. The molecule has 0 aromatic heterocycles. The van der Waals surface area contributed by atoms with Crippen molar-refractivity contribution >= 4 is 19.8 Å². The molecule has 0 fully saturated rings. The summed E-state index contributed by atoms with van der Waals surface area (Å²) in [6, 6.07) is 0. The van der Waals surface area contributed by atoms with Crippen LogP contribution in [-0.4, -0.2) is 74.9 Å². The lowest BCUT2D eigenvalue weighted by atomic mass is 10.0. The van der Waals surface area contributed by atoms with Crippen LogP contribution in [0.25, 0.3) is 0 Å². The molecule has 0 aliphatic rings. The smallest absolute Gasteiger partial charge is 0.462 e. The van der Waals surface area contributed by atoms with E-state index < -0.39 is 26.5 Å². The van der Waals surface area contributed by atoms with Gasteiger partial charge in [0, 0.05) is 12.8 Å². The Balaban J connectivity index is 3.97. The van der Waals surface area contributed by atoms with Crippen molar-refractivity contribution < 1.29 is 42.1 Å². The number of hydrogen-bond acceptors (Lipinski definition) is 7. The molecule has 0 aliphatic carbocycles. The van der Waals surface area contributed by atoms with E-state index in [0.717, 1.165) is 44.9 Å². The van der Waals surface area contributed by atoms with Gasteiger partial charge in [-0.05, 0) is 77.0 Å². The van der Waals surface area contributed by atoms with Gasteiger partial charge in [0.25, 0.3) is 0 Å². The minimum atomic E-state index is -4.39. The summed E-state index contributed by atoms with van der Waals surface area (Å²) in [6.45, 7) is 4.49. The SMILES string of the molecule is CCCCCCC/C=C\C/C=C\C/C=C\CCCCCCCCCCCCCCCCCCC(=O)OC(COC(=O)CCCCCCCCCCCCCCCCCCCCC/C=C\CCCCCCCCCC)COP(=O)(O)OCC[N+](C)(C)C. The molecule has 9 nitrogen and oxygen atoms in total. The van der Waals surface area contributed by atoms with E-state index in [1.54, 1.807) is 0 Å². The molecule has 2 atom stereocenters. The van der Waals surface area contributed by atoms with Crippen LogP contribution in [0.5, 0.6) is 0 Å². The van der Waals surface area contributed by atoms with Crippen LogP contribution in [-0.2, 0) is 32.7 Å². The fourth-order valence-electron chi connectivity index (χ4n) is 11.1. The van der Waals surface area contributed by atoms with Gasteiger partial charge in [-0.2, -0.15) is 0 Å². The van der Waals surface area contributed by atoms with Crippen molar-refractivity contribution in [2.24, 2.45) is 0 Å². The third-order valence-electron chi connectivity index (χ3n) is 16.8. The minimum Gasteiger partial charge on any atom is -0.462 e. The number of ether oxygens (including phenoxy) is 2. The van der Waals surface area contributed by atoms with Gasteiger partial charge in [-0.15, -0.1) is 0 Å². The molecule has 0 radical (unpaired) electrons. The van der Waals surface area contributed by atoms with Crippen molar-refractivity contribution in [2.45, 2.75) is 380 Å². The number of nitrogens with zero attached hydrogens (tertiary/aromatic N) is 1. The number of allylic oxidation sites excluding steroid dienone is 8. The van der Waals surface area contributed by atoms with Crippen molar-refractivity contribution in [1.29, 1.82) is 0 Å². The maximum absolute atomic E-state index is 12.9. The fraction of sp³-hybridized carbons (Fsp3) is 0.868. The number of unbranched alkanes of at least 4 members (excludes halogenated alkanes) is 48. The molecular formula is C76H145NO8P+. The average molecular weight is 1230 g/mol. The highest BCUT2D eigenvalue weighted by Gasteiger charge is 2.27. The van der Waals surface area contributed by atoms with Gasteiger partial charge in [0.2, 0.25) is 0 Å². The number of hydrogen-bond donors (Lipinski definition) is 1. The van der Waals surface area contributed by atoms with Gasteiger partial charge in [0.15, 0.2) is 6.10 Å². The Labute approximate surface area is 534 Å². The van der Waals surface area contributed by atoms with E-state index in [4.69, 9.17) is 18.5 Å². The highest BCUT2D eigenvalue weighted by Crippen LogP contribution is 2.43. The molecule has 10 heteroatoms. The number of carbonyl (C=O) groups excluding carboxylic acids is 2. The van der Waals surface area contributed by atoms with Gasteiger partial charge in [0.1, 0.15) is 19.8 Å². The molecule has 506 valence electrons. The summed E-state index contributed by atoms with van der Waals surface area (Å²) in [5, 5.41) is 0. The molecule has 1 N–H and O–H groups in total. The van der Waals surface area contributed by atoms with E-state index in [2.05, 4.69) is 62.5 Å². The number of likely N-dealkylation sites (N-methyl/N-ethyl adjacent to an activating group) is 1. The van der Waals surface area contributed by atoms with Crippen molar-refractivity contribution in [3.8, 4) is 0 Å². The van der Waals surface area contributed by atoms with E-state index >= 15 is 0 Å². The first-order chi connectivity index (χ1) is 42.0. The van der Waals surface area contributed by atoms with Crippen LogP contribution in [0.15, 0.2) is 48.6 Å². The number of quaternary nitrogens is 1. The minimum absolute atomic E-state index is 0.0335. The Hall–Kier alpha value is -2.03. The maximum atomic E-state index is 12.9. The Bertz CT molecular complexity index is 1590. The number of phosphoric ester groups is 1. The second-order valence-corrected chi connectivity index (χ2v) is 28.1. The maximum Gasteiger partial charge on any atom is 0.472 e. The number of carbonyl (C=O) groups is 2. The van der Waals surface area contributed by atoms with Crippen LogP contribution in [0.4, 0.5) is 0 Å². The molecule has 0 aromatic rings. The zero-order valence-electron chi connectivity index (χ0n) is 57.8. The Morgan fingerprint density at radius 3 is 0.942 bits per heavy atom. The highest BCUT2D eigenvalue weighted by atomic mass is 31.2. The summed E-state index contributed by atoms with van der Waals surface area (Å²) in [7, 11) is 1.49. The normalized spacial score (nSPS) is 13.3. The van der Waals surface area contributed by atoms with E-state index in [-0.39, 0.29) is 25.6 Å². The van der Waals surface area contributed by atoms with Crippen LogP contribution in [0.3, 0.4) is 0 Å². The first-order valence-corrected chi connectivity index (χ1v) is 38.9. The van der Waals surface area contributed by atoms with E-state index in [1.165, 1.54) is 295 Å². The topological polar surface area (TPSA) is 108 Å². The lowest BCUT2D eigenvalue weighted by molar-refractivity contribution is -0.870. The Kier molecular flexibility index (Phi) is 65.8. The monoisotopic (exact) mass is 1230 g/mol. The lowest BCUT2D eigenvalue weighted by Crippen LogP contribution is -2.37. The second kappa shape index (κ2) is 67.4. The van der Waals surface area contributed by atoms with Crippen LogP contribution < -0.4 is 0 Å². The predicted octanol–water partition coefficient (Wildman–Crippen LogP) is 24.4. The van der Waals surface area contributed by atoms with Gasteiger partial charge in [0.05, 0.1) is 27.7 Å². The van der Waals surface area contributed by atoms with Crippen LogP contribution in [0.1, 0.15) is 373 Å². The number of rotatable bonds is 70. The molecule has 0 spiro atoms. The molecule has 0 heterocycles. The summed E-state index contributed by atoms with van der Waals surface area (Å²) in [5.41, 5.74) is 0. The standard InChI is InChI=1S/C76H144NO8P/c1-6-8-10-12-14-16-18-20-22-24-26-28-30-32-34-36-38-40-42-44-46-48-50-52-54-56-58-60-62-64-66-68-75(78)82-72-74(73-84-86(80,81)83-71-70-77(3,4)5)85-76(79)69-67-65-63-61-59-57-55-53-51-49-47-45-43-41-39-37-35-33-31-29-27-25-23-21-19-17-15-13-11-9-7-2/h19,21,24-27,31,33,74H,6-18,20,22-23,28-30,32,34-73H2,1-5H3/p+1/b21-19-,26-24-,27-25-,33-31-. The van der Waals surface area contributed by atoms with E-state index in [1.807, 2.05) is 21.1 Å². The average Bonchev–Trinajstić information content (AvgIpc) is 3.56. The molecular weight excluding hydrogens is 1090 g/mol. The first-order valence-electron chi connectivity index (χ1n) is 37.4. The number of esters is 2.